The minimum atomic E-state index is 0.169. The summed E-state index contributed by atoms with van der Waals surface area (Å²) in [4.78, 5) is 10.9. The van der Waals surface area contributed by atoms with E-state index in [1.54, 1.807) is 0 Å². The van der Waals surface area contributed by atoms with Crippen LogP contribution in [0.15, 0.2) is 42.5 Å². The summed E-state index contributed by atoms with van der Waals surface area (Å²) in [6.45, 7) is 0. The van der Waals surface area contributed by atoms with Crippen molar-refractivity contribution in [1.82, 2.24) is 0 Å². The molecule has 1 aromatic rings. The minimum Gasteiger partial charge on any atom is -0.303 e. The summed E-state index contributed by atoms with van der Waals surface area (Å²) in [5.41, 5.74) is 1.25. The van der Waals surface area contributed by atoms with Gasteiger partial charge in [-0.1, -0.05) is 42.5 Å². The van der Waals surface area contributed by atoms with Crippen LogP contribution in [0.25, 0.3) is 0 Å². The molecule has 72 valence electrons. The Hall–Kier alpha value is -1.37. The van der Waals surface area contributed by atoms with Crippen molar-refractivity contribution in [3.8, 4) is 0 Å². The van der Waals surface area contributed by atoms with Gasteiger partial charge < -0.3 is 4.79 Å². The predicted octanol–water partition coefficient (Wildman–Crippen LogP) is 2.94. The summed E-state index contributed by atoms with van der Waals surface area (Å²) in [7, 11) is 0. The molecule has 0 spiro atoms. The van der Waals surface area contributed by atoms with E-state index in [9.17, 15) is 4.79 Å². The zero-order valence-electron chi connectivity index (χ0n) is 8.10. The third kappa shape index (κ3) is 1.77. The van der Waals surface area contributed by atoms with Crippen LogP contribution in [0.3, 0.4) is 0 Å². The van der Waals surface area contributed by atoms with Gasteiger partial charge in [0.15, 0.2) is 0 Å². The lowest BCUT2D eigenvalue weighted by molar-refractivity contribution is -0.111. The van der Waals surface area contributed by atoms with Crippen molar-refractivity contribution < 1.29 is 4.79 Å². The standard InChI is InChI=1S/C13H14O/c14-10-12-8-4-5-9-13(12)11-6-2-1-3-7-11/h1-3,5-7,9-10,12-13H,4,8H2/t12-,13-/m0/s1. The smallest absolute Gasteiger partial charge is 0.124 e. The van der Waals surface area contributed by atoms with Crippen molar-refractivity contribution in [3.63, 3.8) is 0 Å². The topological polar surface area (TPSA) is 17.1 Å². The molecule has 0 heterocycles. The summed E-state index contributed by atoms with van der Waals surface area (Å²) in [6.07, 6.45) is 7.46. The molecule has 1 heteroatoms. The zero-order chi connectivity index (χ0) is 9.80. The van der Waals surface area contributed by atoms with Gasteiger partial charge in [-0.2, -0.15) is 0 Å². The Morgan fingerprint density at radius 2 is 2.00 bits per heavy atom. The highest BCUT2D eigenvalue weighted by atomic mass is 16.1. The quantitative estimate of drug-likeness (QED) is 0.512. The molecule has 0 radical (unpaired) electrons. The van der Waals surface area contributed by atoms with Gasteiger partial charge in [0.05, 0.1) is 0 Å². The third-order valence-electron chi connectivity index (χ3n) is 2.83. The van der Waals surface area contributed by atoms with Crippen LogP contribution in [0, 0.1) is 5.92 Å². The number of benzene rings is 1. The summed E-state index contributed by atoms with van der Waals surface area (Å²) in [6, 6.07) is 10.2. The molecule has 0 bridgehead atoms. The zero-order valence-corrected chi connectivity index (χ0v) is 8.10. The highest BCUT2D eigenvalue weighted by Gasteiger charge is 2.21. The molecular formula is C13H14O. The minimum absolute atomic E-state index is 0.169. The molecular weight excluding hydrogens is 172 g/mol. The number of aldehydes is 1. The Kier molecular flexibility index (Phi) is 2.78. The largest absolute Gasteiger partial charge is 0.303 e. The first-order valence-electron chi connectivity index (χ1n) is 5.08. The Labute approximate surface area is 84.5 Å². The highest BCUT2D eigenvalue weighted by molar-refractivity contribution is 5.57. The molecule has 2 rings (SSSR count). The van der Waals surface area contributed by atoms with Crippen LogP contribution in [0.2, 0.25) is 0 Å². The van der Waals surface area contributed by atoms with Gasteiger partial charge in [0, 0.05) is 11.8 Å². The van der Waals surface area contributed by atoms with Crippen LogP contribution in [0.4, 0.5) is 0 Å². The lowest BCUT2D eigenvalue weighted by Gasteiger charge is -2.23. The predicted molar refractivity (Wildman–Crippen MR) is 57.1 cm³/mol. The normalized spacial score (nSPS) is 26.0. The number of hydrogen-bond donors (Lipinski definition) is 0. The van der Waals surface area contributed by atoms with E-state index in [-0.39, 0.29) is 5.92 Å². The van der Waals surface area contributed by atoms with Gasteiger partial charge >= 0.3 is 0 Å². The molecule has 0 aliphatic heterocycles. The lowest BCUT2D eigenvalue weighted by atomic mass is 9.80. The van der Waals surface area contributed by atoms with E-state index in [1.807, 2.05) is 18.2 Å². The first-order valence-corrected chi connectivity index (χ1v) is 5.08. The van der Waals surface area contributed by atoms with E-state index in [4.69, 9.17) is 0 Å². The average Bonchev–Trinajstić information content (AvgIpc) is 2.30. The maximum Gasteiger partial charge on any atom is 0.124 e. The molecule has 0 amide bonds. The third-order valence-corrected chi connectivity index (χ3v) is 2.83. The summed E-state index contributed by atoms with van der Waals surface area (Å²) >= 11 is 0. The van der Waals surface area contributed by atoms with Gasteiger partial charge in [-0.25, -0.2) is 0 Å². The molecule has 0 aromatic heterocycles. The molecule has 14 heavy (non-hydrogen) atoms. The van der Waals surface area contributed by atoms with Crippen LogP contribution in [0.5, 0.6) is 0 Å². The fourth-order valence-electron chi connectivity index (χ4n) is 2.04. The van der Waals surface area contributed by atoms with Crippen LogP contribution < -0.4 is 0 Å². The van der Waals surface area contributed by atoms with Crippen molar-refractivity contribution in [2.24, 2.45) is 5.92 Å². The maximum absolute atomic E-state index is 10.9. The molecule has 0 saturated carbocycles. The van der Waals surface area contributed by atoms with Crippen molar-refractivity contribution in [3.05, 3.63) is 48.0 Å². The van der Waals surface area contributed by atoms with E-state index in [0.29, 0.717) is 5.92 Å². The second-order valence-corrected chi connectivity index (χ2v) is 3.74. The number of rotatable bonds is 2. The van der Waals surface area contributed by atoms with Crippen molar-refractivity contribution in [1.29, 1.82) is 0 Å². The second kappa shape index (κ2) is 4.23. The summed E-state index contributed by atoms with van der Waals surface area (Å²) in [5.74, 6) is 0.463. The van der Waals surface area contributed by atoms with Crippen molar-refractivity contribution >= 4 is 6.29 Å². The van der Waals surface area contributed by atoms with Gasteiger partial charge in [-0.3, -0.25) is 0 Å². The van der Waals surface area contributed by atoms with Gasteiger partial charge in [0.25, 0.3) is 0 Å². The van der Waals surface area contributed by atoms with Gasteiger partial charge in [0.1, 0.15) is 6.29 Å². The van der Waals surface area contributed by atoms with Crippen LogP contribution >= 0.6 is 0 Å². The number of hydrogen-bond acceptors (Lipinski definition) is 1. The first-order chi connectivity index (χ1) is 6.92. The molecule has 1 nitrogen and oxygen atoms in total. The molecule has 0 unspecified atom stereocenters. The van der Waals surface area contributed by atoms with Gasteiger partial charge in [0.2, 0.25) is 0 Å². The van der Waals surface area contributed by atoms with Gasteiger partial charge in [-0.15, -0.1) is 0 Å². The average molecular weight is 186 g/mol. The fraction of sp³-hybridized carbons (Fsp3) is 0.308. The summed E-state index contributed by atoms with van der Waals surface area (Å²) in [5, 5.41) is 0. The van der Waals surface area contributed by atoms with E-state index in [0.717, 1.165) is 19.1 Å². The van der Waals surface area contributed by atoms with E-state index >= 15 is 0 Å². The molecule has 1 aromatic carbocycles. The maximum atomic E-state index is 10.9. The molecule has 1 aliphatic carbocycles. The first kappa shape index (κ1) is 9.20. The van der Waals surface area contributed by atoms with Gasteiger partial charge in [-0.05, 0) is 18.4 Å². The van der Waals surface area contributed by atoms with Crippen LogP contribution in [-0.4, -0.2) is 6.29 Å². The Morgan fingerprint density at radius 1 is 1.21 bits per heavy atom. The highest BCUT2D eigenvalue weighted by Crippen LogP contribution is 2.31. The van der Waals surface area contributed by atoms with Crippen molar-refractivity contribution in [2.45, 2.75) is 18.8 Å². The van der Waals surface area contributed by atoms with Crippen LogP contribution in [0.1, 0.15) is 24.3 Å². The van der Waals surface area contributed by atoms with Crippen molar-refractivity contribution in [2.75, 3.05) is 0 Å². The Balaban J connectivity index is 2.27. The van der Waals surface area contributed by atoms with E-state index in [2.05, 4.69) is 24.3 Å². The monoisotopic (exact) mass is 186 g/mol. The van der Waals surface area contributed by atoms with E-state index < -0.39 is 0 Å². The number of carbonyl (C=O) groups excluding carboxylic acids is 1. The molecule has 0 fully saturated rings. The second-order valence-electron chi connectivity index (χ2n) is 3.74. The Morgan fingerprint density at radius 3 is 2.71 bits per heavy atom. The number of allylic oxidation sites excluding steroid dienone is 2. The molecule has 0 N–H and O–H groups in total. The Bertz CT molecular complexity index is 326. The number of carbonyl (C=O) groups is 1. The molecule has 0 saturated heterocycles. The lowest BCUT2D eigenvalue weighted by Crippen LogP contribution is -2.15. The van der Waals surface area contributed by atoms with E-state index in [1.165, 1.54) is 5.56 Å². The van der Waals surface area contributed by atoms with Crippen LogP contribution in [-0.2, 0) is 4.79 Å². The summed E-state index contributed by atoms with van der Waals surface area (Å²) < 4.78 is 0. The fourth-order valence-corrected chi connectivity index (χ4v) is 2.04. The molecule has 1 aliphatic rings. The SMILES string of the molecule is O=C[C@@H]1CCC=C[C@H]1c1ccccc1. The molecule has 2 atom stereocenters.